The largest absolute Gasteiger partial charge is 0.494 e. The van der Waals surface area contributed by atoms with Crippen LogP contribution in [0.1, 0.15) is 5.56 Å². The number of ether oxygens (including phenoxy) is 1. The molecule has 0 aliphatic rings. The predicted molar refractivity (Wildman–Crippen MR) is 97.4 cm³/mol. The average Bonchev–Trinajstić information content (AvgIpc) is 3.03. The van der Waals surface area contributed by atoms with Gasteiger partial charge in [0.15, 0.2) is 0 Å². The summed E-state index contributed by atoms with van der Waals surface area (Å²) in [6, 6.07) is 9.92. The Kier molecular flexibility index (Phi) is 5.09. The average molecular weight is 469 g/mol. The van der Waals surface area contributed by atoms with E-state index >= 15 is 0 Å². The van der Waals surface area contributed by atoms with Gasteiger partial charge >= 0.3 is 0 Å². The molecule has 8 nitrogen and oxygen atoms in total. The topological polar surface area (TPSA) is 96.0 Å². The summed E-state index contributed by atoms with van der Waals surface area (Å²) in [6.45, 7) is 0.365. The number of aromatic nitrogens is 4. The van der Waals surface area contributed by atoms with Crippen LogP contribution in [0.3, 0.4) is 0 Å². The molecule has 0 spiro atoms. The number of methoxy groups -OCH3 is 1. The number of non-ortho nitro benzene ring substituents is 1. The first-order chi connectivity index (χ1) is 12.0. The number of hydrogen-bond acceptors (Lipinski definition) is 6. The zero-order valence-corrected chi connectivity index (χ0v) is 16.1. The second kappa shape index (κ2) is 7.28. The van der Waals surface area contributed by atoms with Gasteiger partial charge in [0.1, 0.15) is 5.75 Å². The number of nitrogens with zero attached hydrogens (tertiary/aromatic N) is 5. The van der Waals surface area contributed by atoms with Crippen LogP contribution >= 0.6 is 31.9 Å². The fourth-order valence-corrected chi connectivity index (χ4v) is 3.71. The maximum Gasteiger partial charge on any atom is 0.269 e. The van der Waals surface area contributed by atoms with E-state index < -0.39 is 4.92 Å². The van der Waals surface area contributed by atoms with Crippen LogP contribution in [-0.2, 0) is 6.54 Å². The molecule has 0 amide bonds. The zero-order chi connectivity index (χ0) is 18.0. The Bertz CT molecular complexity index is 904. The number of halogens is 2. The van der Waals surface area contributed by atoms with Crippen LogP contribution < -0.4 is 4.74 Å². The monoisotopic (exact) mass is 467 g/mol. The van der Waals surface area contributed by atoms with Gasteiger partial charge in [0.05, 0.1) is 27.5 Å². The van der Waals surface area contributed by atoms with Gasteiger partial charge in [0.25, 0.3) is 5.69 Å². The van der Waals surface area contributed by atoms with E-state index in [4.69, 9.17) is 4.74 Å². The van der Waals surface area contributed by atoms with Crippen molar-refractivity contribution in [2.75, 3.05) is 7.11 Å². The van der Waals surface area contributed by atoms with E-state index in [0.29, 0.717) is 18.1 Å². The zero-order valence-electron chi connectivity index (χ0n) is 12.9. The first-order valence-corrected chi connectivity index (χ1v) is 8.61. The lowest BCUT2D eigenvalue weighted by Crippen LogP contribution is -2.04. The van der Waals surface area contributed by atoms with E-state index in [1.165, 1.54) is 16.9 Å². The Balaban J connectivity index is 1.82. The van der Waals surface area contributed by atoms with Gasteiger partial charge in [-0.3, -0.25) is 10.1 Å². The van der Waals surface area contributed by atoms with E-state index in [1.807, 2.05) is 12.1 Å². The maximum absolute atomic E-state index is 10.7. The van der Waals surface area contributed by atoms with Gasteiger partial charge < -0.3 is 4.74 Å². The SMILES string of the molecule is COc1c(Br)cc(-c2nnn(Cc3ccc([N+](=O)[O-])cc3)n2)cc1Br. The molecule has 25 heavy (non-hydrogen) atoms. The molecular weight excluding hydrogens is 458 g/mol. The highest BCUT2D eigenvalue weighted by atomic mass is 79.9. The first-order valence-electron chi connectivity index (χ1n) is 7.02. The summed E-state index contributed by atoms with van der Waals surface area (Å²) in [5.41, 5.74) is 1.66. The molecular formula is C15H11Br2N5O3. The fraction of sp³-hybridized carbons (Fsp3) is 0.133. The van der Waals surface area contributed by atoms with Crippen LogP contribution in [0.15, 0.2) is 45.3 Å². The Labute approximate surface area is 159 Å². The second-order valence-corrected chi connectivity index (χ2v) is 6.75. The van der Waals surface area contributed by atoms with Gasteiger partial charge in [-0.05, 0) is 54.8 Å². The predicted octanol–water partition coefficient (Wildman–Crippen LogP) is 3.83. The lowest BCUT2D eigenvalue weighted by Gasteiger charge is -2.07. The molecule has 1 aromatic heterocycles. The number of nitro benzene ring substituents is 1. The number of benzene rings is 2. The van der Waals surface area contributed by atoms with E-state index in [1.54, 1.807) is 19.2 Å². The third kappa shape index (κ3) is 3.85. The highest BCUT2D eigenvalue weighted by Gasteiger charge is 2.13. The van der Waals surface area contributed by atoms with Crippen LogP contribution in [0.5, 0.6) is 5.75 Å². The van der Waals surface area contributed by atoms with Gasteiger partial charge in [-0.1, -0.05) is 12.1 Å². The number of hydrogen-bond donors (Lipinski definition) is 0. The molecule has 0 radical (unpaired) electrons. The molecule has 0 bridgehead atoms. The molecule has 3 rings (SSSR count). The molecule has 0 saturated heterocycles. The Hall–Kier alpha value is -2.33. The van der Waals surface area contributed by atoms with Crippen molar-refractivity contribution in [2.45, 2.75) is 6.54 Å². The van der Waals surface area contributed by atoms with Gasteiger partial charge in [-0.2, -0.15) is 4.80 Å². The fourth-order valence-electron chi connectivity index (χ4n) is 2.20. The molecule has 0 fully saturated rings. The van der Waals surface area contributed by atoms with Crippen molar-refractivity contribution < 1.29 is 9.66 Å². The summed E-state index contributed by atoms with van der Waals surface area (Å²) in [5.74, 6) is 1.15. The molecule has 2 aromatic carbocycles. The lowest BCUT2D eigenvalue weighted by molar-refractivity contribution is -0.384. The van der Waals surface area contributed by atoms with E-state index in [9.17, 15) is 10.1 Å². The van der Waals surface area contributed by atoms with Crippen LogP contribution in [0.2, 0.25) is 0 Å². The van der Waals surface area contributed by atoms with Crippen molar-refractivity contribution >= 4 is 37.5 Å². The summed E-state index contributed by atoms with van der Waals surface area (Å²) in [5, 5.41) is 23.1. The van der Waals surface area contributed by atoms with Crippen molar-refractivity contribution in [1.29, 1.82) is 0 Å². The van der Waals surface area contributed by atoms with Crippen LogP contribution in [0, 0.1) is 10.1 Å². The van der Waals surface area contributed by atoms with Crippen LogP contribution in [0.4, 0.5) is 5.69 Å². The molecule has 0 atom stereocenters. The number of tetrazole rings is 1. The maximum atomic E-state index is 10.7. The molecule has 0 N–H and O–H groups in total. The molecule has 1 heterocycles. The molecule has 10 heteroatoms. The highest BCUT2D eigenvalue weighted by Crippen LogP contribution is 2.36. The van der Waals surface area contributed by atoms with Crippen molar-refractivity contribution in [1.82, 2.24) is 20.2 Å². The Morgan fingerprint density at radius 1 is 1.20 bits per heavy atom. The standard InChI is InChI=1S/C15H11Br2N5O3/c1-25-14-12(16)6-10(7-13(14)17)15-18-20-21(19-15)8-9-2-4-11(5-3-9)22(23)24/h2-7H,8H2,1H3. The van der Waals surface area contributed by atoms with Crippen molar-refractivity contribution in [3.63, 3.8) is 0 Å². The molecule has 3 aromatic rings. The Morgan fingerprint density at radius 3 is 2.40 bits per heavy atom. The quantitative estimate of drug-likeness (QED) is 0.417. The minimum atomic E-state index is -0.436. The summed E-state index contributed by atoms with van der Waals surface area (Å²) in [4.78, 5) is 11.7. The van der Waals surface area contributed by atoms with Gasteiger partial charge in [0, 0.05) is 17.7 Å². The number of rotatable bonds is 5. The molecule has 0 aliphatic heterocycles. The smallest absolute Gasteiger partial charge is 0.269 e. The minimum absolute atomic E-state index is 0.0453. The normalized spacial score (nSPS) is 10.7. The van der Waals surface area contributed by atoms with E-state index in [0.717, 1.165) is 20.1 Å². The highest BCUT2D eigenvalue weighted by molar-refractivity contribution is 9.11. The van der Waals surface area contributed by atoms with Crippen LogP contribution in [0.25, 0.3) is 11.4 Å². The Morgan fingerprint density at radius 2 is 1.84 bits per heavy atom. The molecule has 0 aliphatic carbocycles. The van der Waals surface area contributed by atoms with Gasteiger partial charge in [0.2, 0.25) is 5.82 Å². The molecule has 0 saturated carbocycles. The third-order valence-corrected chi connectivity index (χ3v) is 4.56. The van der Waals surface area contributed by atoms with Crippen LogP contribution in [-0.4, -0.2) is 32.2 Å². The summed E-state index contributed by atoms with van der Waals surface area (Å²) in [6.07, 6.45) is 0. The van der Waals surface area contributed by atoms with Crippen molar-refractivity contribution in [3.05, 3.63) is 61.0 Å². The second-order valence-electron chi connectivity index (χ2n) is 5.04. The van der Waals surface area contributed by atoms with E-state index in [2.05, 4.69) is 47.3 Å². The summed E-state index contributed by atoms with van der Waals surface area (Å²) in [7, 11) is 1.59. The van der Waals surface area contributed by atoms with E-state index in [-0.39, 0.29) is 5.69 Å². The summed E-state index contributed by atoms with van der Waals surface area (Å²) < 4.78 is 6.81. The third-order valence-electron chi connectivity index (χ3n) is 3.38. The van der Waals surface area contributed by atoms with Gasteiger partial charge in [-0.15, -0.1) is 10.2 Å². The number of nitro groups is 1. The first kappa shape index (κ1) is 17.5. The van der Waals surface area contributed by atoms with Crippen molar-refractivity contribution in [3.8, 4) is 17.1 Å². The van der Waals surface area contributed by atoms with Crippen molar-refractivity contribution in [2.24, 2.45) is 0 Å². The summed E-state index contributed by atoms with van der Waals surface area (Å²) >= 11 is 6.88. The minimum Gasteiger partial charge on any atom is -0.494 e. The molecule has 128 valence electrons. The van der Waals surface area contributed by atoms with Gasteiger partial charge in [-0.25, -0.2) is 0 Å². The molecule has 0 unspecified atom stereocenters. The lowest BCUT2D eigenvalue weighted by atomic mass is 10.2.